The van der Waals surface area contributed by atoms with Gasteiger partial charge in [-0.1, -0.05) is 29.0 Å². The molecule has 0 aliphatic carbocycles. The predicted octanol–water partition coefficient (Wildman–Crippen LogP) is 6.07. The van der Waals surface area contributed by atoms with Gasteiger partial charge in [-0.05, 0) is 48.6 Å². The molecule has 0 N–H and O–H groups in total. The second-order valence-corrected chi connectivity index (χ2v) is 8.98. The van der Waals surface area contributed by atoms with Crippen molar-refractivity contribution in [2.24, 2.45) is 0 Å². The first-order valence-corrected chi connectivity index (χ1v) is 11.2. The number of hydrogen-bond donors (Lipinski definition) is 0. The SMILES string of the molecule is Cc1cc(Cl)cc2sc(N(CCCn3ccnc3)C(=O)/C=C/c3cccs3)nc12.Cl. The lowest BCUT2D eigenvalue weighted by atomic mass is 10.2. The summed E-state index contributed by atoms with van der Waals surface area (Å²) in [5.41, 5.74) is 1.90. The first-order valence-electron chi connectivity index (χ1n) is 9.15. The summed E-state index contributed by atoms with van der Waals surface area (Å²) in [4.78, 5) is 24.6. The van der Waals surface area contributed by atoms with Crippen molar-refractivity contribution in [3.8, 4) is 0 Å². The van der Waals surface area contributed by atoms with Gasteiger partial charge >= 0.3 is 0 Å². The highest BCUT2D eigenvalue weighted by molar-refractivity contribution is 7.22. The van der Waals surface area contributed by atoms with Crippen LogP contribution in [-0.4, -0.2) is 27.0 Å². The first kappa shape index (κ1) is 22.5. The average molecular weight is 479 g/mol. The molecular formula is C21H20Cl2N4OS2. The number of imidazole rings is 1. The molecule has 3 aromatic heterocycles. The highest BCUT2D eigenvalue weighted by atomic mass is 35.5. The molecule has 5 nitrogen and oxygen atoms in total. The normalized spacial score (nSPS) is 11.1. The largest absolute Gasteiger partial charge is 0.337 e. The van der Waals surface area contributed by atoms with Crippen LogP contribution in [0, 0.1) is 6.92 Å². The lowest BCUT2D eigenvalue weighted by Crippen LogP contribution is -2.30. The number of aromatic nitrogens is 3. The summed E-state index contributed by atoms with van der Waals surface area (Å²) >= 11 is 9.30. The minimum Gasteiger partial charge on any atom is -0.337 e. The fraction of sp³-hybridized carbons (Fsp3) is 0.190. The molecule has 3 heterocycles. The summed E-state index contributed by atoms with van der Waals surface area (Å²) in [5.74, 6) is -0.0770. The fourth-order valence-electron chi connectivity index (χ4n) is 3.02. The number of amides is 1. The van der Waals surface area contributed by atoms with E-state index in [1.54, 1.807) is 34.8 Å². The highest BCUT2D eigenvalue weighted by Gasteiger charge is 2.18. The molecule has 0 saturated carbocycles. The quantitative estimate of drug-likeness (QED) is 0.302. The van der Waals surface area contributed by atoms with Crippen molar-refractivity contribution in [1.29, 1.82) is 0 Å². The monoisotopic (exact) mass is 478 g/mol. The summed E-state index contributed by atoms with van der Waals surface area (Å²) < 4.78 is 2.99. The van der Waals surface area contributed by atoms with Crippen molar-refractivity contribution in [3.05, 3.63) is 69.9 Å². The van der Waals surface area contributed by atoms with Crippen LogP contribution in [-0.2, 0) is 11.3 Å². The van der Waals surface area contributed by atoms with Crippen molar-refractivity contribution < 1.29 is 4.79 Å². The third-order valence-corrected chi connectivity index (χ3v) is 6.51. The zero-order chi connectivity index (χ0) is 20.2. The highest BCUT2D eigenvalue weighted by Crippen LogP contribution is 2.33. The van der Waals surface area contributed by atoms with Crippen LogP contribution in [0.4, 0.5) is 5.13 Å². The van der Waals surface area contributed by atoms with E-state index in [1.807, 2.05) is 53.4 Å². The van der Waals surface area contributed by atoms with Crippen molar-refractivity contribution >= 4 is 74.0 Å². The van der Waals surface area contributed by atoms with E-state index in [0.29, 0.717) is 16.7 Å². The molecule has 0 spiro atoms. The molecule has 30 heavy (non-hydrogen) atoms. The number of hydrogen-bond acceptors (Lipinski definition) is 5. The maximum absolute atomic E-state index is 13.0. The Labute approximate surface area is 194 Å². The number of halogens is 2. The number of anilines is 1. The van der Waals surface area contributed by atoms with Crippen LogP contribution in [0.2, 0.25) is 5.02 Å². The Kier molecular flexibility index (Phi) is 7.66. The molecule has 0 bridgehead atoms. The van der Waals surface area contributed by atoms with Gasteiger partial charge in [-0.25, -0.2) is 9.97 Å². The molecule has 0 radical (unpaired) electrons. The Balaban J connectivity index is 0.00000256. The molecule has 0 fully saturated rings. The number of benzene rings is 1. The summed E-state index contributed by atoms with van der Waals surface area (Å²) in [6.45, 7) is 3.34. The molecule has 156 valence electrons. The fourth-order valence-corrected chi connectivity index (χ4v) is 5.09. The number of nitrogens with zero attached hydrogens (tertiary/aromatic N) is 4. The summed E-state index contributed by atoms with van der Waals surface area (Å²) in [5, 5.41) is 3.37. The third-order valence-electron chi connectivity index (χ3n) is 4.43. The van der Waals surface area contributed by atoms with Crippen molar-refractivity contribution in [2.75, 3.05) is 11.4 Å². The van der Waals surface area contributed by atoms with Crippen LogP contribution in [0.15, 0.2) is 54.4 Å². The minimum atomic E-state index is -0.0770. The summed E-state index contributed by atoms with van der Waals surface area (Å²) in [6.07, 6.45) is 9.73. The van der Waals surface area contributed by atoms with Gasteiger partial charge in [-0.2, -0.15) is 0 Å². The van der Waals surface area contributed by atoms with Crippen LogP contribution in [0.25, 0.3) is 16.3 Å². The van der Waals surface area contributed by atoms with Gasteiger partial charge in [-0.15, -0.1) is 23.7 Å². The van der Waals surface area contributed by atoms with Gasteiger partial charge < -0.3 is 4.57 Å². The van der Waals surface area contributed by atoms with Gasteiger partial charge in [0.1, 0.15) is 0 Å². The van der Waals surface area contributed by atoms with Gasteiger partial charge in [0.15, 0.2) is 5.13 Å². The number of rotatable bonds is 7. The second kappa shape index (κ2) is 10.2. The molecular weight excluding hydrogens is 459 g/mol. The number of thiazole rings is 1. The van der Waals surface area contributed by atoms with Gasteiger partial charge in [0.2, 0.25) is 0 Å². The second-order valence-electron chi connectivity index (χ2n) is 6.56. The molecule has 0 atom stereocenters. The zero-order valence-corrected chi connectivity index (χ0v) is 19.4. The maximum Gasteiger partial charge on any atom is 0.252 e. The van der Waals surface area contributed by atoms with E-state index in [9.17, 15) is 4.79 Å². The number of aryl methyl sites for hydroxylation is 2. The molecule has 9 heteroatoms. The topological polar surface area (TPSA) is 51.0 Å². The Morgan fingerprint density at radius 2 is 2.23 bits per heavy atom. The van der Waals surface area contributed by atoms with Crippen LogP contribution in [0.5, 0.6) is 0 Å². The van der Waals surface area contributed by atoms with Crippen molar-refractivity contribution in [2.45, 2.75) is 19.9 Å². The van der Waals surface area contributed by atoms with E-state index in [-0.39, 0.29) is 18.3 Å². The van der Waals surface area contributed by atoms with Crippen LogP contribution >= 0.6 is 46.7 Å². The minimum absolute atomic E-state index is 0. The Bertz CT molecular complexity index is 1140. The number of carbonyl (C=O) groups excluding carboxylic acids is 1. The van der Waals surface area contributed by atoms with Gasteiger partial charge in [0, 0.05) is 41.5 Å². The number of fused-ring (bicyclic) bond motifs is 1. The molecule has 0 saturated heterocycles. The average Bonchev–Trinajstić information content (AvgIpc) is 3.44. The molecule has 0 aliphatic heterocycles. The van der Waals surface area contributed by atoms with Crippen LogP contribution in [0.1, 0.15) is 16.9 Å². The standard InChI is InChI=1S/C21H19ClN4OS2.ClH/c1-15-12-16(22)13-18-20(15)24-21(29-18)26(9-3-8-25-10-7-23-14-25)19(27)6-5-17-4-2-11-28-17;/h2,4-7,10-14H,3,8-9H2,1H3;1H/b6-5+;. The number of thiophene rings is 1. The summed E-state index contributed by atoms with van der Waals surface area (Å²) in [7, 11) is 0. The van der Waals surface area contributed by atoms with Gasteiger partial charge in [-0.3, -0.25) is 9.69 Å². The Morgan fingerprint density at radius 3 is 2.97 bits per heavy atom. The van der Waals surface area contributed by atoms with Crippen LogP contribution in [0.3, 0.4) is 0 Å². The maximum atomic E-state index is 13.0. The van der Waals surface area contributed by atoms with Crippen LogP contribution < -0.4 is 4.90 Å². The van der Waals surface area contributed by atoms with E-state index in [4.69, 9.17) is 16.6 Å². The zero-order valence-electron chi connectivity index (χ0n) is 16.2. The molecule has 4 rings (SSSR count). The molecule has 1 amide bonds. The Morgan fingerprint density at radius 1 is 1.37 bits per heavy atom. The first-order chi connectivity index (χ1) is 14.1. The Hall–Kier alpha value is -2.19. The molecule has 1 aromatic carbocycles. The van der Waals surface area contributed by atoms with Crippen molar-refractivity contribution in [1.82, 2.24) is 14.5 Å². The van der Waals surface area contributed by atoms with E-state index < -0.39 is 0 Å². The summed E-state index contributed by atoms with van der Waals surface area (Å²) in [6, 6.07) is 7.76. The van der Waals surface area contributed by atoms with E-state index in [0.717, 1.165) is 33.6 Å². The van der Waals surface area contributed by atoms with E-state index >= 15 is 0 Å². The molecule has 0 unspecified atom stereocenters. The smallest absolute Gasteiger partial charge is 0.252 e. The lowest BCUT2D eigenvalue weighted by Gasteiger charge is -2.18. The molecule has 0 aliphatic rings. The number of carbonyl (C=O) groups is 1. The van der Waals surface area contributed by atoms with E-state index in [2.05, 4.69) is 4.98 Å². The van der Waals surface area contributed by atoms with Gasteiger partial charge in [0.05, 0.1) is 16.5 Å². The van der Waals surface area contributed by atoms with Crippen molar-refractivity contribution in [3.63, 3.8) is 0 Å². The lowest BCUT2D eigenvalue weighted by molar-refractivity contribution is -0.114. The van der Waals surface area contributed by atoms with Gasteiger partial charge in [0.25, 0.3) is 5.91 Å². The third kappa shape index (κ3) is 5.29. The van der Waals surface area contributed by atoms with E-state index in [1.165, 1.54) is 11.3 Å². The predicted molar refractivity (Wildman–Crippen MR) is 129 cm³/mol. The molecule has 4 aromatic rings.